The van der Waals surface area contributed by atoms with E-state index in [1.54, 1.807) is 0 Å². The van der Waals surface area contributed by atoms with E-state index in [1.807, 2.05) is 24.8 Å². The number of pyridine rings is 3. The van der Waals surface area contributed by atoms with Crippen LogP contribution < -0.4 is 0 Å². The molecule has 0 fully saturated rings. The fourth-order valence-corrected chi connectivity index (χ4v) is 23.5. The van der Waals surface area contributed by atoms with Crippen molar-refractivity contribution in [2.75, 3.05) is 0 Å². The molecule has 0 radical (unpaired) electrons. The standard InChI is InChI=1S/C17H28N2Si.C16H25BrN2Si.C8H7IN2/c1-12(2)20(13(3)4,14(5)6)19-9-8-16-10-15(7)11-18-17(16)19;1-11(2)20(12(3)4,13(5)6)19-8-7-14-9-15(17)10-18-16(14)19;1-5-2-6-7(9)4-11-8(6)10-3-5/h8-14H,1-7H3;7-13H,1-6H3;2-4H,1H3,(H,10,11). The van der Waals surface area contributed by atoms with Crippen molar-refractivity contribution in [1.82, 2.24) is 28.4 Å². The largest absolute Gasteiger partial charge is 0.359 e. The van der Waals surface area contributed by atoms with Crippen LogP contribution in [-0.2, 0) is 0 Å². The van der Waals surface area contributed by atoms with Gasteiger partial charge in [-0.05, 0) is 139 Å². The van der Waals surface area contributed by atoms with Crippen LogP contribution in [0.4, 0.5) is 0 Å². The van der Waals surface area contributed by atoms with Crippen molar-refractivity contribution < 1.29 is 0 Å². The predicted octanol–water partition coefficient (Wildman–Crippen LogP) is 13.7. The molecule has 6 nitrogen and oxygen atoms in total. The highest BCUT2D eigenvalue weighted by Gasteiger charge is 2.47. The highest BCUT2D eigenvalue weighted by molar-refractivity contribution is 14.1. The van der Waals surface area contributed by atoms with Gasteiger partial charge in [-0.3, -0.25) is 0 Å². The van der Waals surface area contributed by atoms with E-state index in [0.29, 0.717) is 33.2 Å². The van der Waals surface area contributed by atoms with Gasteiger partial charge in [0.15, 0.2) is 16.5 Å². The molecule has 276 valence electrons. The van der Waals surface area contributed by atoms with Gasteiger partial charge in [-0.1, -0.05) is 83.1 Å². The van der Waals surface area contributed by atoms with Gasteiger partial charge in [0.2, 0.25) is 0 Å². The second-order valence-corrected chi connectivity index (χ2v) is 29.6. The van der Waals surface area contributed by atoms with Crippen molar-refractivity contribution in [3.05, 3.63) is 86.7 Å². The Labute approximate surface area is 331 Å². The third kappa shape index (κ3) is 7.99. The zero-order chi connectivity index (χ0) is 38.0. The molecule has 0 spiro atoms. The monoisotopic (exact) mass is 898 g/mol. The number of fused-ring (bicyclic) bond motifs is 3. The summed E-state index contributed by atoms with van der Waals surface area (Å²) in [6.45, 7) is 32.8. The van der Waals surface area contributed by atoms with Crippen molar-refractivity contribution >= 4 is 88.1 Å². The number of aryl methyl sites for hydroxylation is 2. The van der Waals surface area contributed by atoms with Gasteiger partial charge in [0.1, 0.15) is 16.9 Å². The number of nitrogens with one attached hydrogen (secondary N) is 1. The predicted molar refractivity (Wildman–Crippen MR) is 238 cm³/mol. The topological polar surface area (TPSA) is 64.3 Å². The molecule has 1 N–H and O–H groups in total. The molecule has 0 aliphatic carbocycles. The third-order valence-electron chi connectivity index (χ3n) is 11.2. The Morgan fingerprint density at radius 1 is 0.608 bits per heavy atom. The molecule has 10 heteroatoms. The van der Waals surface area contributed by atoms with Gasteiger partial charge >= 0.3 is 0 Å². The molecular formula is C41H60BrIN6Si2. The summed E-state index contributed by atoms with van der Waals surface area (Å²) >= 11 is 5.82. The van der Waals surface area contributed by atoms with Gasteiger partial charge in [0.25, 0.3) is 0 Å². The summed E-state index contributed by atoms with van der Waals surface area (Å²) in [5.41, 5.74) is 9.88. The first kappa shape index (κ1) is 41.5. The van der Waals surface area contributed by atoms with Crippen molar-refractivity contribution in [2.24, 2.45) is 0 Å². The Balaban J connectivity index is 0.000000179. The minimum atomic E-state index is -1.69. The minimum absolute atomic E-state index is 0.684. The third-order valence-corrected chi connectivity index (χ3v) is 26.0. The van der Waals surface area contributed by atoms with Gasteiger partial charge < -0.3 is 13.4 Å². The molecule has 0 saturated heterocycles. The molecule has 6 aromatic rings. The number of aromatic nitrogens is 6. The van der Waals surface area contributed by atoms with E-state index in [-0.39, 0.29) is 0 Å². The van der Waals surface area contributed by atoms with Crippen molar-refractivity contribution in [3.63, 3.8) is 0 Å². The van der Waals surface area contributed by atoms with Gasteiger partial charge in [-0.25, -0.2) is 15.0 Å². The van der Waals surface area contributed by atoms with Crippen LogP contribution in [0.15, 0.2) is 72.0 Å². The lowest BCUT2D eigenvalue weighted by Crippen LogP contribution is -2.51. The van der Waals surface area contributed by atoms with Crippen LogP contribution in [0.1, 0.15) is 94.2 Å². The number of nitrogens with zero attached hydrogens (tertiary/aromatic N) is 5. The molecule has 51 heavy (non-hydrogen) atoms. The summed E-state index contributed by atoms with van der Waals surface area (Å²) in [5.74, 6) is 0. The molecule has 0 atom stereocenters. The van der Waals surface area contributed by atoms with Crippen LogP contribution in [0.5, 0.6) is 0 Å². The Hall–Kier alpha value is -2.29. The van der Waals surface area contributed by atoms with Crippen LogP contribution >= 0.6 is 38.5 Å². The van der Waals surface area contributed by atoms with E-state index in [2.05, 4.69) is 197 Å². The second kappa shape index (κ2) is 16.8. The first-order valence-corrected chi connectivity index (χ1v) is 24.8. The maximum absolute atomic E-state index is 4.75. The molecule has 0 amide bonds. The Morgan fingerprint density at radius 3 is 1.49 bits per heavy atom. The normalized spacial score (nSPS) is 12.6. The lowest BCUT2D eigenvalue weighted by molar-refractivity contribution is 0.770. The average Bonchev–Trinajstić information content (AvgIpc) is 3.75. The Bertz CT molecular complexity index is 1900. The van der Waals surface area contributed by atoms with Gasteiger partial charge in [-0.2, -0.15) is 0 Å². The molecule has 0 aliphatic rings. The Morgan fingerprint density at radius 2 is 1.02 bits per heavy atom. The summed E-state index contributed by atoms with van der Waals surface area (Å²) in [6, 6.07) is 11.0. The quantitative estimate of drug-likeness (QED) is 0.122. The fraction of sp³-hybridized carbons (Fsp3) is 0.488. The number of aromatic amines is 1. The molecule has 6 aromatic heterocycles. The maximum atomic E-state index is 4.75. The van der Waals surface area contributed by atoms with Crippen LogP contribution in [-0.4, -0.2) is 44.9 Å². The average molecular weight is 900 g/mol. The van der Waals surface area contributed by atoms with Crippen molar-refractivity contribution in [2.45, 2.75) is 130 Å². The fourth-order valence-electron chi connectivity index (χ4n) is 9.50. The number of hydrogen-bond donors (Lipinski definition) is 1. The van der Waals surface area contributed by atoms with Crippen LogP contribution in [0, 0.1) is 17.4 Å². The second-order valence-electron chi connectivity index (χ2n) is 16.1. The Kier molecular flexibility index (Phi) is 13.7. The number of hydrogen-bond acceptors (Lipinski definition) is 3. The van der Waals surface area contributed by atoms with Crippen LogP contribution in [0.25, 0.3) is 33.1 Å². The van der Waals surface area contributed by atoms with E-state index in [4.69, 9.17) is 9.97 Å². The van der Waals surface area contributed by atoms with E-state index in [1.165, 1.54) is 36.5 Å². The first-order valence-electron chi connectivity index (χ1n) is 18.6. The molecule has 0 aromatic carbocycles. The molecule has 6 heterocycles. The summed E-state index contributed by atoms with van der Waals surface area (Å²) in [7, 11) is -3.37. The van der Waals surface area contributed by atoms with E-state index < -0.39 is 16.5 Å². The summed E-state index contributed by atoms with van der Waals surface area (Å²) in [5, 5.41) is 3.73. The SMILES string of the molecule is CC(C)[Si](C(C)C)(C(C)C)n1ccc2cc(Br)cnc21.Cc1cnc2[nH]cc(I)c2c1.Cc1cnc2c(ccn2[Si](C(C)C)(C(C)C)C(C)C)c1. The smallest absolute Gasteiger partial charge is 0.171 e. The van der Waals surface area contributed by atoms with Crippen LogP contribution in [0.2, 0.25) is 33.2 Å². The van der Waals surface area contributed by atoms with Crippen molar-refractivity contribution in [1.29, 1.82) is 0 Å². The van der Waals surface area contributed by atoms with Crippen molar-refractivity contribution in [3.8, 4) is 0 Å². The molecule has 0 bridgehead atoms. The minimum Gasteiger partial charge on any atom is -0.359 e. The van der Waals surface area contributed by atoms with Crippen LogP contribution in [0.3, 0.4) is 0 Å². The zero-order valence-electron chi connectivity index (χ0n) is 33.3. The van der Waals surface area contributed by atoms with Gasteiger partial charge in [0, 0.05) is 49.0 Å². The highest BCUT2D eigenvalue weighted by atomic mass is 127. The number of halogens is 2. The lowest BCUT2D eigenvalue weighted by Gasteiger charge is -2.44. The van der Waals surface area contributed by atoms with Gasteiger partial charge in [-0.15, -0.1) is 0 Å². The lowest BCUT2D eigenvalue weighted by atomic mass is 10.2. The first-order chi connectivity index (χ1) is 23.9. The molecule has 0 unspecified atom stereocenters. The molecule has 0 aliphatic heterocycles. The highest BCUT2D eigenvalue weighted by Crippen LogP contribution is 2.45. The molecular weight excluding hydrogens is 839 g/mol. The van der Waals surface area contributed by atoms with E-state index in [0.717, 1.165) is 15.8 Å². The summed E-state index contributed by atoms with van der Waals surface area (Å²) in [4.78, 5) is 16.8. The number of H-pyrrole nitrogens is 1. The van der Waals surface area contributed by atoms with E-state index in [9.17, 15) is 0 Å². The summed E-state index contributed by atoms with van der Waals surface area (Å²) in [6.07, 6.45) is 12.3. The number of rotatable bonds is 8. The molecule has 6 rings (SSSR count). The van der Waals surface area contributed by atoms with Gasteiger partial charge in [0.05, 0.1) is 0 Å². The maximum Gasteiger partial charge on any atom is 0.171 e. The summed E-state index contributed by atoms with van der Waals surface area (Å²) < 4.78 is 7.40. The van der Waals surface area contributed by atoms with E-state index >= 15 is 0 Å². The molecule has 0 saturated carbocycles. The zero-order valence-corrected chi connectivity index (χ0v) is 39.1.